The van der Waals surface area contributed by atoms with Gasteiger partial charge in [0, 0.05) is 6.42 Å². The van der Waals surface area contributed by atoms with Gasteiger partial charge in [-0.3, -0.25) is 0 Å². The fraction of sp³-hybridized carbons (Fsp3) is 0.667. The van der Waals surface area contributed by atoms with Crippen LogP contribution in [0.15, 0.2) is 17.0 Å². The number of piperidine rings is 1. The second kappa shape index (κ2) is 3.72. The smallest absolute Gasteiger partial charge is 0.180 e. The topological polar surface area (TPSA) is 38.1 Å². The molecule has 1 fully saturated rings. The Hall–Kier alpha value is -0.830. The predicted octanol–water partition coefficient (Wildman–Crippen LogP) is 1.22. The Morgan fingerprint density at radius 3 is 3.00 bits per heavy atom. The second-order valence-corrected chi connectivity index (χ2v) is 3.37. The van der Waals surface area contributed by atoms with Gasteiger partial charge in [-0.05, 0) is 31.8 Å². The van der Waals surface area contributed by atoms with Crippen LogP contribution in [0.4, 0.5) is 0 Å². The first-order chi connectivity index (χ1) is 5.95. The third kappa shape index (κ3) is 1.85. The van der Waals surface area contributed by atoms with Crippen molar-refractivity contribution in [1.82, 2.24) is 10.3 Å². The lowest BCUT2D eigenvalue weighted by Crippen LogP contribution is -2.28. The van der Waals surface area contributed by atoms with Crippen LogP contribution in [0.25, 0.3) is 0 Å². The normalized spacial score (nSPS) is 19.7. The number of rotatable bonds is 2. The molecule has 1 aromatic rings. The Labute approximate surface area is 72.2 Å². The van der Waals surface area contributed by atoms with E-state index in [0.717, 1.165) is 31.2 Å². The van der Waals surface area contributed by atoms with Gasteiger partial charge in [-0.1, -0.05) is 0 Å². The van der Waals surface area contributed by atoms with Crippen molar-refractivity contribution in [2.24, 2.45) is 5.92 Å². The fourth-order valence-corrected chi connectivity index (χ4v) is 1.71. The maximum absolute atomic E-state index is 5.20. The fourth-order valence-electron chi connectivity index (χ4n) is 1.71. The summed E-state index contributed by atoms with van der Waals surface area (Å²) in [5.74, 6) is 1.82. The molecule has 1 N–H and O–H groups in total. The van der Waals surface area contributed by atoms with E-state index in [1.165, 1.54) is 19.2 Å². The van der Waals surface area contributed by atoms with Crippen LogP contribution >= 0.6 is 0 Å². The Morgan fingerprint density at radius 2 is 2.33 bits per heavy atom. The van der Waals surface area contributed by atoms with Crippen LogP contribution in [0, 0.1) is 5.92 Å². The molecule has 1 aromatic heterocycles. The number of hydrogen-bond acceptors (Lipinski definition) is 3. The molecule has 0 bridgehead atoms. The Bertz CT molecular complexity index is 214. The maximum Gasteiger partial charge on any atom is 0.180 e. The van der Waals surface area contributed by atoms with E-state index in [4.69, 9.17) is 4.42 Å². The number of oxazole rings is 1. The van der Waals surface area contributed by atoms with Crippen molar-refractivity contribution in [3.05, 3.63) is 18.4 Å². The Morgan fingerprint density at radius 1 is 1.50 bits per heavy atom. The van der Waals surface area contributed by atoms with Gasteiger partial charge in [0.2, 0.25) is 0 Å². The predicted molar refractivity (Wildman–Crippen MR) is 45.8 cm³/mol. The van der Waals surface area contributed by atoms with Crippen LogP contribution in [0.3, 0.4) is 0 Å². The third-order valence-corrected chi connectivity index (χ3v) is 2.43. The van der Waals surface area contributed by atoms with Gasteiger partial charge >= 0.3 is 0 Å². The molecule has 1 aliphatic rings. The maximum atomic E-state index is 5.20. The quantitative estimate of drug-likeness (QED) is 0.717. The van der Waals surface area contributed by atoms with Gasteiger partial charge < -0.3 is 9.73 Å². The van der Waals surface area contributed by atoms with E-state index in [9.17, 15) is 0 Å². The zero-order valence-corrected chi connectivity index (χ0v) is 7.12. The minimum Gasteiger partial charge on any atom is -0.449 e. The summed E-state index contributed by atoms with van der Waals surface area (Å²) in [4.78, 5) is 3.91. The van der Waals surface area contributed by atoms with E-state index in [1.54, 1.807) is 0 Å². The van der Waals surface area contributed by atoms with E-state index in [-0.39, 0.29) is 0 Å². The van der Waals surface area contributed by atoms with Crippen LogP contribution in [-0.4, -0.2) is 18.1 Å². The van der Waals surface area contributed by atoms with Crippen molar-refractivity contribution in [3.63, 3.8) is 0 Å². The third-order valence-electron chi connectivity index (χ3n) is 2.43. The molecule has 66 valence electrons. The van der Waals surface area contributed by atoms with Crippen molar-refractivity contribution in [2.45, 2.75) is 19.3 Å². The van der Waals surface area contributed by atoms with Crippen LogP contribution < -0.4 is 5.32 Å². The molecule has 12 heavy (non-hydrogen) atoms. The summed E-state index contributed by atoms with van der Waals surface area (Å²) in [6.07, 6.45) is 6.92. The molecule has 0 aliphatic carbocycles. The largest absolute Gasteiger partial charge is 0.449 e. The summed E-state index contributed by atoms with van der Waals surface area (Å²) in [5.41, 5.74) is 0. The van der Waals surface area contributed by atoms with Gasteiger partial charge in [0.05, 0.1) is 6.20 Å². The van der Waals surface area contributed by atoms with Gasteiger partial charge in [0.1, 0.15) is 5.76 Å². The monoisotopic (exact) mass is 166 g/mol. The Balaban J connectivity index is 1.86. The highest BCUT2D eigenvalue weighted by Gasteiger charge is 2.14. The molecule has 0 saturated carbocycles. The van der Waals surface area contributed by atoms with E-state index in [2.05, 4.69) is 10.3 Å². The lowest BCUT2D eigenvalue weighted by Gasteiger charge is -2.21. The van der Waals surface area contributed by atoms with Crippen LogP contribution in [-0.2, 0) is 6.42 Å². The van der Waals surface area contributed by atoms with Crippen molar-refractivity contribution >= 4 is 0 Å². The molecule has 0 unspecified atom stereocenters. The molecule has 1 aliphatic heterocycles. The Kier molecular flexibility index (Phi) is 2.42. The highest BCUT2D eigenvalue weighted by molar-refractivity contribution is 4.91. The summed E-state index contributed by atoms with van der Waals surface area (Å²) in [5, 5.41) is 3.35. The first kappa shape index (κ1) is 7.80. The average molecular weight is 166 g/mol. The zero-order chi connectivity index (χ0) is 8.23. The SMILES string of the molecule is c1ncc(CC2CCNCC2)o1. The van der Waals surface area contributed by atoms with Crippen molar-refractivity contribution in [3.8, 4) is 0 Å². The summed E-state index contributed by atoms with van der Waals surface area (Å²) < 4.78 is 5.20. The lowest BCUT2D eigenvalue weighted by atomic mass is 9.94. The molecule has 3 nitrogen and oxygen atoms in total. The van der Waals surface area contributed by atoms with Crippen LogP contribution in [0.2, 0.25) is 0 Å². The van der Waals surface area contributed by atoms with Crippen LogP contribution in [0.5, 0.6) is 0 Å². The molecular formula is C9H14N2O. The highest BCUT2D eigenvalue weighted by Crippen LogP contribution is 2.17. The lowest BCUT2D eigenvalue weighted by molar-refractivity contribution is 0.347. The molecule has 2 heterocycles. The van der Waals surface area contributed by atoms with Gasteiger partial charge in [-0.2, -0.15) is 0 Å². The standard InChI is InChI=1S/C9H14N2O/c1-3-10-4-2-8(1)5-9-6-11-7-12-9/h6-8,10H,1-5H2. The summed E-state index contributed by atoms with van der Waals surface area (Å²) >= 11 is 0. The van der Waals surface area contributed by atoms with E-state index in [1.807, 2.05) is 6.20 Å². The molecular weight excluding hydrogens is 152 g/mol. The van der Waals surface area contributed by atoms with Crippen molar-refractivity contribution in [2.75, 3.05) is 13.1 Å². The number of nitrogens with zero attached hydrogens (tertiary/aromatic N) is 1. The van der Waals surface area contributed by atoms with E-state index >= 15 is 0 Å². The molecule has 0 atom stereocenters. The molecule has 0 spiro atoms. The van der Waals surface area contributed by atoms with Gasteiger partial charge in [0.15, 0.2) is 6.39 Å². The number of hydrogen-bond donors (Lipinski definition) is 1. The average Bonchev–Trinajstić information content (AvgIpc) is 2.59. The minimum atomic E-state index is 0.791. The van der Waals surface area contributed by atoms with Crippen molar-refractivity contribution in [1.29, 1.82) is 0 Å². The molecule has 2 rings (SSSR count). The van der Waals surface area contributed by atoms with Gasteiger partial charge in [-0.25, -0.2) is 4.98 Å². The molecule has 0 amide bonds. The van der Waals surface area contributed by atoms with Crippen LogP contribution in [0.1, 0.15) is 18.6 Å². The summed E-state index contributed by atoms with van der Waals surface area (Å²) in [6, 6.07) is 0. The van der Waals surface area contributed by atoms with Gasteiger partial charge in [-0.15, -0.1) is 0 Å². The summed E-state index contributed by atoms with van der Waals surface area (Å²) in [7, 11) is 0. The van der Waals surface area contributed by atoms with E-state index < -0.39 is 0 Å². The van der Waals surface area contributed by atoms with Crippen molar-refractivity contribution < 1.29 is 4.42 Å². The number of aromatic nitrogens is 1. The first-order valence-electron chi connectivity index (χ1n) is 4.53. The molecule has 0 radical (unpaired) electrons. The zero-order valence-electron chi connectivity index (χ0n) is 7.12. The molecule has 0 aromatic carbocycles. The minimum absolute atomic E-state index is 0.791. The highest BCUT2D eigenvalue weighted by atomic mass is 16.3. The van der Waals surface area contributed by atoms with E-state index in [0.29, 0.717) is 0 Å². The van der Waals surface area contributed by atoms with Gasteiger partial charge in [0.25, 0.3) is 0 Å². The molecule has 1 saturated heterocycles. The second-order valence-electron chi connectivity index (χ2n) is 3.37. The summed E-state index contributed by atoms with van der Waals surface area (Å²) in [6.45, 7) is 2.30. The number of nitrogens with one attached hydrogen (secondary N) is 1. The molecule has 3 heteroatoms. The first-order valence-corrected chi connectivity index (χ1v) is 4.53.